The van der Waals surface area contributed by atoms with Crippen molar-refractivity contribution in [1.82, 2.24) is 10.9 Å². The SMILES string of the molecule is O=C(O)C1CCC(C(=O)NNC(=O)C2CC2(F)F)CC1. The summed E-state index contributed by atoms with van der Waals surface area (Å²) >= 11 is 0. The molecule has 0 bridgehead atoms. The lowest BCUT2D eigenvalue weighted by atomic mass is 9.82. The molecule has 3 N–H and O–H groups in total. The first-order valence-corrected chi connectivity index (χ1v) is 6.51. The van der Waals surface area contributed by atoms with Crippen molar-refractivity contribution >= 4 is 17.8 Å². The fourth-order valence-electron chi connectivity index (χ4n) is 2.41. The number of amides is 2. The lowest BCUT2D eigenvalue weighted by Crippen LogP contribution is -2.46. The quantitative estimate of drug-likeness (QED) is 0.666. The number of rotatable bonds is 3. The van der Waals surface area contributed by atoms with E-state index in [0.29, 0.717) is 25.7 Å². The molecule has 0 radical (unpaired) electrons. The van der Waals surface area contributed by atoms with Crippen molar-refractivity contribution in [2.24, 2.45) is 17.8 Å². The van der Waals surface area contributed by atoms with E-state index in [1.54, 1.807) is 0 Å². The van der Waals surface area contributed by atoms with Crippen molar-refractivity contribution in [3.8, 4) is 0 Å². The second-order valence-electron chi connectivity index (χ2n) is 5.38. The first kappa shape index (κ1) is 14.7. The summed E-state index contributed by atoms with van der Waals surface area (Å²) in [5, 5.41) is 8.83. The first-order valence-electron chi connectivity index (χ1n) is 6.51. The van der Waals surface area contributed by atoms with Crippen molar-refractivity contribution < 1.29 is 28.3 Å². The van der Waals surface area contributed by atoms with Crippen LogP contribution in [0.15, 0.2) is 0 Å². The number of hydrogen-bond acceptors (Lipinski definition) is 3. The Labute approximate surface area is 113 Å². The fourth-order valence-corrected chi connectivity index (χ4v) is 2.41. The summed E-state index contributed by atoms with van der Waals surface area (Å²) in [4.78, 5) is 33.7. The number of aliphatic carboxylic acids is 1. The molecular formula is C12H16F2N2O4. The average molecular weight is 290 g/mol. The molecule has 0 spiro atoms. The van der Waals surface area contributed by atoms with E-state index in [0.717, 1.165) is 0 Å². The van der Waals surface area contributed by atoms with Gasteiger partial charge in [-0.3, -0.25) is 25.2 Å². The number of nitrogens with one attached hydrogen (secondary N) is 2. The third kappa shape index (κ3) is 3.23. The smallest absolute Gasteiger partial charge is 0.306 e. The monoisotopic (exact) mass is 290 g/mol. The predicted octanol–water partition coefficient (Wildman–Crippen LogP) is 0.680. The summed E-state index contributed by atoms with van der Waals surface area (Å²) in [5.41, 5.74) is 4.13. The minimum atomic E-state index is -2.96. The van der Waals surface area contributed by atoms with E-state index < -0.39 is 42.0 Å². The zero-order chi connectivity index (χ0) is 14.9. The second-order valence-corrected chi connectivity index (χ2v) is 5.38. The highest BCUT2D eigenvalue weighted by atomic mass is 19.3. The Kier molecular flexibility index (Phi) is 3.92. The van der Waals surface area contributed by atoms with Gasteiger partial charge in [0, 0.05) is 12.3 Å². The number of hydrogen-bond donors (Lipinski definition) is 3. The molecule has 1 unspecified atom stereocenters. The van der Waals surface area contributed by atoms with Crippen LogP contribution >= 0.6 is 0 Å². The number of hydrazine groups is 1. The summed E-state index contributed by atoms with van der Waals surface area (Å²) < 4.78 is 25.2. The average Bonchev–Trinajstić information content (AvgIpc) is 3.05. The van der Waals surface area contributed by atoms with Crippen LogP contribution in [0.25, 0.3) is 0 Å². The molecule has 0 aliphatic heterocycles. The summed E-state index contributed by atoms with van der Waals surface area (Å²) in [7, 11) is 0. The molecule has 0 aromatic carbocycles. The topological polar surface area (TPSA) is 95.5 Å². The van der Waals surface area contributed by atoms with Gasteiger partial charge in [-0.15, -0.1) is 0 Å². The van der Waals surface area contributed by atoms with Gasteiger partial charge < -0.3 is 5.11 Å². The van der Waals surface area contributed by atoms with Crippen molar-refractivity contribution in [2.45, 2.75) is 38.0 Å². The van der Waals surface area contributed by atoms with E-state index in [-0.39, 0.29) is 5.92 Å². The Bertz CT molecular complexity index is 433. The molecule has 20 heavy (non-hydrogen) atoms. The van der Waals surface area contributed by atoms with Crippen LogP contribution in [0.5, 0.6) is 0 Å². The predicted molar refractivity (Wildman–Crippen MR) is 62.4 cm³/mol. The van der Waals surface area contributed by atoms with Crippen molar-refractivity contribution in [3.05, 3.63) is 0 Å². The maximum atomic E-state index is 12.6. The van der Waals surface area contributed by atoms with Crippen molar-refractivity contribution in [2.75, 3.05) is 0 Å². The van der Waals surface area contributed by atoms with Crippen LogP contribution in [0.4, 0.5) is 8.78 Å². The number of carbonyl (C=O) groups is 3. The molecule has 0 aromatic heterocycles. The van der Waals surface area contributed by atoms with Gasteiger partial charge in [0.2, 0.25) is 11.8 Å². The van der Waals surface area contributed by atoms with Gasteiger partial charge in [0.15, 0.2) is 0 Å². The van der Waals surface area contributed by atoms with Gasteiger partial charge in [-0.1, -0.05) is 0 Å². The van der Waals surface area contributed by atoms with Gasteiger partial charge in [0.25, 0.3) is 5.92 Å². The van der Waals surface area contributed by atoms with E-state index in [1.165, 1.54) is 0 Å². The highest BCUT2D eigenvalue weighted by Gasteiger charge is 2.61. The molecule has 2 fully saturated rings. The minimum absolute atomic E-state index is 0.384. The number of carbonyl (C=O) groups excluding carboxylic acids is 2. The van der Waals surface area contributed by atoms with E-state index >= 15 is 0 Å². The molecule has 2 amide bonds. The molecule has 0 saturated heterocycles. The normalized spacial score (nSPS) is 31.2. The Morgan fingerprint density at radius 3 is 1.85 bits per heavy atom. The molecule has 0 aromatic rings. The second kappa shape index (κ2) is 5.34. The molecule has 8 heteroatoms. The zero-order valence-electron chi connectivity index (χ0n) is 10.7. The van der Waals surface area contributed by atoms with Crippen molar-refractivity contribution in [3.63, 3.8) is 0 Å². The van der Waals surface area contributed by atoms with Crippen LogP contribution in [-0.4, -0.2) is 28.8 Å². The van der Waals surface area contributed by atoms with E-state index in [4.69, 9.17) is 5.11 Å². The van der Waals surface area contributed by atoms with Crippen LogP contribution in [-0.2, 0) is 14.4 Å². The van der Waals surface area contributed by atoms with Crippen LogP contribution < -0.4 is 10.9 Å². The highest BCUT2D eigenvalue weighted by molar-refractivity contribution is 5.86. The van der Waals surface area contributed by atoms with Gasteiger partial charge in [-0.25, -0.2) is 8.78 Å². The molecule has 2 saturated carbocycles. The maximum absolute atomic E-state index is 12.6. The molecule has 2 rings (SSSR count). The third-order valence-electron chi connectivity index (χ3n) is 3.90. The number of alkyl halides is 2. The number of halogens is 2. The Morgan fingerprint density at radius 1 is 0.950 bits per heavy atom. The van der Waals surface area contributed by atoms with Gasteiger partial charge in [-0.2, -0.15) is 0 Å². The number of carboxylic acids is 1. The molecule has 2 aliphatic rings. The summed E-state index contributed by atoms with van der Waals surface area (Å²) in [6.45, 7) is 0. The summed E-state index contributed by atoms with van der Waals surface area (Å²) in [5.74, 6) is -7.34. The lowest BCUT2D eigenvalue weighted by molar-refractivity contribution is -0.144. The summed E-state index contributed by atoms with van der Waals surface area (Å²) in [6.07, 6.45) is 1.15. The van der Waals surface area contributed by atoms with Gasteiger partial charge in [-0.05, 0) is 25.7 Å². The van der Waals surface area contributed by atoms with Crippen LogP contribution in [0.1, 0.15) is 32.1 Å². The van der Waals surface area contributed by atoms with E-state index in [9.17, 15) is 23.2 Å². The lowest BCUT2D eigenvalue weighted by Gasteiger charge is -2.25. The van der Waals surface area contributed by atoms with E-state index in [1.807, 2.05) is 5.43 Å². The molecule has 1 atom stereocenters. The summed E-state index contributed by atoms with van der Waals surface area (Å²) in [6, 6.07) is 0. The molecule has 0 heterocycles. The fraction of sp³-hybridized carbons (Fsp3) is 0.750. The minimum Gasteiger partial charge on any atom is -0.481 e. The Balaban J connectivity index is 1.71. The zero-order valence-corrected chi connectivity index (χ0v) is 10.7. The van der Waals surface area contributed by atoms with Crippen LogP contribution in [0.3, 0.4) is 0 Å². The highest BCUT2D eigenvalue weighted by Crippen LogP contribution is 2.48. The van der Waals surface area contributed by atoms with E-state index in [2.05, 4.69) is 5.43 Å². The van der Waals surface area contributed by atoms with Gasteiger partial charge in [0.05, 0.1) is 5.92 Å². The molecule has 6 nitrogen and oxygen atoms in total. The Hall–Kier alpha value is -1.73. The third-order valence-corrected chi connectivity index (χ3v) is 3.90. The van der Waals surface area contributed by atoms with Gasteiger partial charge in [0.1, 0.15) is 5.92 Å². The molecule has 112 valence electrons. The number of carboxylic acid groups (broad SMARTS) is 1. The first-order chi connectivity index (χ1) is 9.31. The Morgan fingerprint density at radius 2 is 1.40 bits per heavy atom. The van der Waals surface area contributed by atoms with Crippen LogP contribution in [0.2, 0.25) is 0 Å². The van der Waals surface area contributed by atoms with Gasteiger partial charge >= 0.3 is 5.97 Å². The molecular weight excluding hydrogens is 274 g/mol. The maximum Gasteiger partial charge on any atom is 0.306 e. The largest absolute Gasteiger partial charge is 0.481 e. The molecule has 2 aliphatic carbocycles. The van der Waals surface area contributed by atoms with Crippen molar-refractivity contribution in [1.29, 1.82) is 0 Å². The van der Waals surface area contributed by atoms with Crippen LogP contribution in [0, 0.1) is 17.8 Å². The standard InChI is InChI=1S/C12H16F2N2O4/c13-12(14)5-8(12)10(18)16-15-9(17)6-1-3-7(4-2-6)11(19)20/h6-8H,1-5H2,(H,15,17)(H,16,18)(H,19,20).